The molecule has 0 aliphatic carbocycles. The molecule has 19 heavy (non-hydrogen) atoms. The van der Waals surface area contributed by atoms with Gasteiger partial charge in [0.15, 0.2) is 5.78 Å². The Morgan fingerprint density at radius 1 is 1.42 bits per heavy atom. The second-order valence-corrected chi connectivity index (χ2v) is 5.38. The number of Topliss-reactive ketones (excluding diaryl/α,β-unsaturated/α-hetero) is 1. The highest BCUT2D eigenvalue weighted by molar-refractivity contribution is 9.09. The van der Waals surface area contributed by atoms with Crippen molar-refractivity contribution in [1.82, 2.24) is 0 Å². The summed E-state index contributed by atoms with van der Waals surface area (Å²) >= 11 is 2.86. The summed E-state index contributed by atoms with van der Waals surface area (Å²) in [6, 6.07) is 4.21. The molecule has 106 valence electrons. The normalized spacial score (nSPS) is 11.4. The van der Waals surface area contributed by atoms with Crippen LogP contribution in [0.1, 0.15) is 23.7 Å². The standard InChI is InChI=1S/C12H12BrF3O2S/c1-2-18-11-8(9(17)6-7-13)4-3-5-10(11)19-12(14,15)16/h3-5H,2,6-7H2,1H3. The van der Waals surface area contributed by atoms with Crippen LogP contribution in [0.25, 0.3) is 0 Å². The molecule has 1 rings (SSSR count). The van der Waals surface area contributed by atoms with E-state index < -0.39 is 5.51 Å². The lowest BCUT2D eigenvalue weighted by molar-refractivity contribution is -0.0329. The monoisotopic (exact) mass is 356 g/mol. The van der Waals surface area contributed by atoms with Gasteiger partial charge in [-0.05, 0) is 30.8 Å². The van der Waals surface area contributed by atoms with Crippen molar-refractivity contribution in [2.24, 2.45) is 0 Å². The molecule has 0 aliphatic heterocycles. The van der Waals surface area contributed by atoms with Gasteiger partial charge in [-0.25, -0.2) is 0 Å². The summed E-state index contributed by atoms with van der Waals surface area (Å²) in [5.41, 5.74) is -4.22. The molecule has 0 amide bonds. The lowest BCUT2D eigenvalue weighted by atomic mass is 10.1. The number of thioether (sulfide) groups is 1. The van der Waals surface area contributed by atoms with Crippen molar-refractivity contribution < 1.29 is 22.7 Å². The van der Waals surface area contributed by atoms with Gasteiger partial charge in [0, 0.05) is 11.8 Å². The van der Waals surface area contributed by atoms with E-state index >= 15 is 0 Å². The Morgan fingerprint density at radius 2 is 2.11 bits per heavy atom. The van der Waals surface area contributed by atoms with Crippen LogP contribution in [0, 0.1) is 0 Å². The van der Waals surface area contributed by atoms with Gasteiger partial charge in [-0.3, -0.25) is 4.79 Å². The first-order valence-corrected chi connectivity index (χ1v) is 7.43. The van der Waals surface area contributed by atoms with Gasteiger partial charge in [-0.15, -0.1) is 0 Å². The zero-order chi connectivity index (χ0) is 14.5. The first kappa shape index (κ1) is 16.4. The van der Waals surface area contributed by atoms with Gasteiger partial charge >= 0.3 is 5.51 Å². The van der Waals surface area contributed by atoms with E-state index in [4.69, 9.17) is 4.74 Å². The zero-order valence-electron chi connectivity index (χ0n) is 10.1. The van der Waals surface area contributed by atoms with Crippen molar-refractivity contribution in [2.75, 3.05) is 11.9 Å². The number of ether oxygens (including phenoxy) is 1. The van der Waals surface area contributed by atoms with Crippen molar-refractivity contribution in [2.45, 2.75) is 23.7 Å². The van der Waals surface area contributed by atoms with Crippen LogP contribution in [0.15, 0.2) is 23.1 Å². The molecule has 7 heteroatoms. The average Bonchev–Trinajstić information content (AvgIpc) is 2.30. The highest BCUT2D eigenvalue weighted by Gasteiger charge is 2.32. The molecule has 0 unspecified atom stereocenters. The molecule has 0 aliphatic rings. The molecule has 0 N–H and O–H groups in total. The summed E-state index contributed by atoms with van der Waals surface area (Å²) in [4.78, 5) is 11.8. The van der Waals surface area contributed by atoms with E-state index in [9.17, 15) is 18.0 Å². The maximum atomic E-state index is 12.5. The van der Waals surface area contributed by atoms with Crippen LogP contribution in [-0.4, -0.2) is 23.2 Å². The molecular formula is C12H12BrF3O2S. The number of halogens is 4. The van der Waals surface area contributed by atoms with Gasteiger partial charge in [0.1, 0.15) is 5.75 Å². The minimum absolute atomic E-state index is 0.0123. The third-order valence-electron chi connectivity index (χ3n) is 2.12. The fourth-order valence-corrected chi connectivity index (χ4v) is 2.47. The van der Waals surface area contributed by atoms with Crippen LogP contribution in [0.5, 0.6) is 5.75 Å². The lowest BCUT2D eigenvalue weighted by Crippen LogP contribution is -2.07. The Kier molecular flexibility index (Phi) is 6.19. The van der Waals surface area contributed by atoms with Crippen LogP contribution in [0.3, 0.4) is 0 Å². The lowest BCUT2D eigenvalue weighted by Gasteiger charge is -2.14. The molecule has 0 saturated heterocycles. The van der Waals surface area contributed by atoms with Crippen LogP contribution in [0.4, 0.5) is 13.2 Å². The van der Waals surface area contributed by atoms with E-state index in [-0.39, 0.29) is 46.8 Å². The third-order valence-corrected chi connectivity index (χ3v) is 3.28. The molecular weight excluding hydrogens is 345 g/mol. The SMILES string of the molecule is CCOc1c(SC(F)(F)F)cccc1C(=O)CCBr. The quantitative estimate of drug-likeness (QED) is 0.421. The zero-order valence-corrected chi connectivity index (χ0v) is 12.5. The molecule has 0 radical (unpaired) electrons. The summed E-state index contributed by atoms with van der Waals surface area (Å²) in [5, 5.41) is 0.452. The maximum absolute atomic E-state index is 12.5. The Balaban J connectivity index is 3.17. The van der Waals surface area contributed by atoms with Crippen molar-refractivity contribution in [3.8, 4) is 5.75 Å². The maximum Gasteiger partial charge on any atom is 0.446 e. The van der Waals surface area contributed by atoms with Crippen LogP contribution < -0.4 is 4.74 Å². The number of carbonyl (C=O) groups is 1. The number of alkyl halides is 4. The van der Waals surface area contributed by atoms with Crippen molar-refractivity contribution >= 4 is 33.5 Å². The summed E-state index contributed by atoms with van der Waals surface area (Å²) in [6.45, 7) is 1.86. The van der Waals surface area contributed by atoms with Gasteiger partial charge < -0.3 is 4.74 Å². The van der Waals surface area contributed by atoms with Crippen molar-refractivity contribution in [3.63, 3.8) is 0 Å². The Morgan fingerprint density at radius 3 is 2.63 bits per heavy atom. The van der Waals surface area contributed by atoms with Crippen LogP contribution in [0.2, 0.25) is 0 Å². The number of hydrogen-bond donors (Lipinski definition) is 0. The second-order valence-electron chi connectivity index (χ2n) is 3.48. The molecule has 0 saturated carbocycles. The van der Waals surface area contributed by atoms with Crippen LogP contribution >= 0.6 is 27.7 Å². The molecule has 0 bridgehead atoms. The number of para-hydroxylation sites is 1. The largest absolute Gasteiger partial charge is 0.492 e. The van der Waals surface area contributed by atoms with E-state index in [2.05, 4.69) is 15.9 Å². The summed E-state index contributed by atoms with van der Waals surface area (Å²) in [5.74, 6) is -0.233. The Bertz CT molecular complexity index is 449. The molecule has 2 nitrogen and oxygen atoms in total. The van der Waals surface area contributed by atoms with E-state index in [1.54, 1.807) is 6.92 Å². The van der Waals surface area contributed by atoms with E-state index in [0.717, 1.165) is 0 Å². The average molecular weight is 357 g/mol. The molecule has 0 heterocycles. The minimum atomic E-state index is -4.41. The van der Waals surface area contributed by atoms with Gasteiger partial charge in [0.05, 0.1) is 17.1 Å². The van der Waals surface area contributed by atoms with E-state index in [1.807, 2.05) is 0 Å². The Labute approximate surface area is 121 Å². The summed E-state index contributed by atoms with van der Waals surface area (Å²) in [7, 11) is 0. The predicted octanol–water partition coefficient (Wildman–Crippen LogP) is 4.66. The fraction of sp³-hybridized carbons (Fsp3) is 0.417. The summed E-state index contributed by atoms with van der Waals surface area (Å²) in [6.07, 6.45) is 0.209. The fourth-order valence-electron chi connectivity index (χ4n) is 1.45. The Hall–Kier alpha value is -0.690. The van der Waals surface area contributed by atoms with Gasteiger partial charge in [0.25, 0.3) is 0 Å². The molecule has 0 fully saturated rings. The number of hydrogen-bond acceptors (Lipinski definition) is 3. The third kappa shape index (κ3) is 5.06. The number of carbonyl (C=O) groups excluding carboxylic acids is 1. The molecule has 0 spiro atoms. The number of ketones is 1. The van der Waals surface area contributed by atoms with Crippen molar-refractivity contribution in [3.05, 3.63) is 23.8 Å². The molecule has 0 aromatic heterocycles. The topological polar surface area (TPSA) is 26.3 Å². The van der Waals surface area contributed by atoms with Crippen molar-refractivity contribution in [1.29, 1.82) is 0 Å². The number of rotatable bonds is 6. The smallest absolute Gasteiger partial charge is 0.446 e. The molecule has 0 atom stereocenters. The predicted molar refractivity (Wildman–Crippen MR) is 72.3 cm³/mol. The van der Waals surface area contributed by atoms with E-state index in [1.165, 1.54) is 18.2 Å². The van der Waals surface area contributed by atoms with Gasteiger partial charge in [0.2, 0.25) is 0 Å². The molecule has 1 aromatic carbocycles. The number of benzene rings is 1. The first-order chi connectivity index (χ1) is 8.89. The van der Waals surface area contributed by atoms with Gasteiger partial charge in [-0.1, -0.05) is 22.0 Å². The van der Waals surface area contributed by atoms with Crippen LogP contribution in [-0.2, 0) is 0 Å². The minimum Gasteiger partial charge on any atom is -0.492 e. The highest BCUT2D eigenvalue weighted by Crippen LogP contribution is 2.43. The highest BCUT2D eigenvalue weighted by atomic mass is 79.9. The summed E-state index contributed by atoms with van der Waals surface area (Å²) < 4.78 is 42.6. The van der Waals surface area contributed by atoms with Gasteiger partial charge in [-0.2, -0.15) is 13.2 Å². The molecule has 1 aromatic rings. The second kappa shape index (κ2) is 7.19. The first-order valence-electron chi connectivity index (χ1n) is 5.49. The van der Waals surface area contributed by atoms with E-state index in [0.29, 0.717) is 5.33 Å².